The Morgan fingerprint density at radius 3 is 2.41 bits per heavy atom. The van der Waals surface area contributed by atoms with Crippen LogP contribution in [0.2, 0.25) is 0 Å². The molecule has 96 valence electrons. The lowest BCUT2D eigenvalue weighted by Crippen LogP contribution is -2.28. The Hall–Kier alpha value is -0.740. The van der Waals surface area contributed by atoms with Crippen LogP contribution >= 0.6 is 11.6 Å². The van der Waals surface area contributed by atoms with Gasteiger partial charge in [0.1, 0.15) is 22.3 Å². The molecule has 0 radical (unpaired) electrons. The van der Waals surface area contributed by atoms with Crippen LogP contribution in [0.3, 0.4) is 0 Å². The van der Waals surface area contributed by atoms with Crippen molar-refractivity contribution in [3.63, 3.8) is 0 Å². The van der Waals surface area contributed by atoms with Crippen LogP contribution < -0.4 is 9.46 Å². The molecule has 0 aromatic heterocycles. The fourth-order valence-electron chi connectivity index (χ4n) is 1.35. The quantitative estimate of drug-likeness (QED) is 0.810. The molecule has 5 heteroatoms. The molecular weight excluding hydrogens is 258 g/mol. The monoisotopic (exact) mass is 275 g/mol. The molecule has 0 aliphatic rings. The van der Waals surface area contributed by atoms with Crippen molar-refractivity contribution in [1.82, 2.24) is 0 Å². The van der Waals surface area contributed by atoms with E-state index in [0.717, 1.165) is 17.9 Å². The summed E-state index contributed by atoms with van der Waals surface area (Å²) >= 11 is 5.71. The second-order valence-electron chi connectivity index (χ2n) is 4.38. The van der Waals surface area contributed by atoms with Crippen molar-refractivity contribution in [2.45, 2.75) is 25.9 Å². The molecule has 0 saturated carbocycles. The molecule has 1 N–H and O–H groups in total. The maximum Gasteiger partial charge on any atom is 0.120 e. The predicted molar refractivity (Wildman–Crippen MR) is 74.2 cm³/mol. The first kappa shape index (κ1) is 14.3. The standard InChI is InChI=1S/C12H18ClNO2S/c1-12(2,8-9-13)16-11-6-4-10(5-7-11)14-17(3)15/h4-7,14H,8-9H2,1-3H3. The largest absolute Gasteiger partial charge is 0.488 e. The second-order valence-corrected chi connectivity index (χ2v) is 5.87. The van der Waals surface area contributed by atoms with Crippen LogP contribution in [0.15, 0.2) is 24.3 Å². The van der Waals surface area contributed by atoms with Gasteiger partial charge in [0.2, 0.25) is 0 Å². The Morgan fingerprint density at radius 1 is 1.35 bits per heavy atom. The zero-order chi connectivity index (χ0) is 12.9. The number of hydrogen-bond donors (Lipinski definition) is 1. The summed E-state index contributed by atoms with van der Waals surface area (Å²) in [5, 5.41) is 0. The Balaban J connectivity index is 2.65. The molecule has 17 heavy (non-hydrogen) atoms. The van der Waals surface area contributed by atoms with Crippen LogP contribution in [0.25, 0.3) is 0 Å². The number of nitrogens with one attached hydrogen (secondary N) is 1. The predicted octanol–water partition coefficient (Wildman–Crippen LogP) is 3.18. The minimum atomic E-state index is -1.05. The fourth-order valence-corrected chi connectivity index (χ4v) is 2.28. The van der Waals surface area contributed by atoms with Gasteiger partial charge in [0, 0.05) is 24.2 Å². The van der Waals surface area contributed by atoms with Crippen LogP contribution in [-0.2, 0) is 11.0 Å². The summed E-state index contributed by atoms with van der Waals surface area (Å²) in [5.74, 6) is 1.36. The average Bonchev–Trinajstić information content (AvgIpc) is 2.19. The maximum atomic E-state index is 11.0. The van der Waals surface area contributed by atoms with Crippen molar-refractivity contribution in [1.29, 1.82) is 0 Å². The van der Waals surface area contributed by atoms with Gasteiger partial charge in [-0.25, -0.2) is 4.21 Å². The van der Waals surface area contributed by atoms with Gasteiger partial charge < -0.3 is 9.46 Å². The van der Waals surface area contributed by atoms with Crippen LogP contribution in [0.5, 0.6) is 5.75 Å². The summed E-state index contributed by atoms with van der Waals surface area (Å²) in [5.41, 5.74) is 0.540. The normalized spacial score (nSPS) is 13.2. The van der Waals surface area contributed by atoms with E-state index in [9.17, 15) is 4.21 Å². The number of benzene rings is 1. The number of anilines is 1. The molecule has 0 saturated heterocycles. The number of rotatable bonds is 6. The summed E-state index contributed by atoms with van der Waals surface area (Å²) in [6, 6.07) is 7.39. The van der Waals surface area contributed by atoms with Crippen LogP contribution in [0.4, 0.5) is 5.69 Å². The van der Waals surface area contributed by atoms with E-state index in [4.69, 9.17) is 16.3 Å². The molecule has 1 aromatic rings. The SMILES string of the molecule is CS(=O)Nc1ccc(OC(C)(C)CCCl)cc1. The number of hydrogen-bond acceptors (Lipinski definition) is 2. The third-order valence-corrected chi connectivity index (χ3v) is 2.92. The van der Waals surface area contributed by atoms with Gasteiger partial charge in [-0.15, -0.1) is 11.6 Å². The van der Waals surface area contributed by atoms with Crippen LogP contribution in [0.1, 0.15) is 20.3 Å². The van der Waals surface area contributed by atoms with E-state index in [1.54, 1.807) is 6.26 Å². The van der Waals surface area contributed by atoms with Crippen molar-refractivity contribution in [2.24, 2.45) is 0 Å². The maximum absolute atomic E-state index is 11.0. The van der Waals surface area contributed by atoms with Gasteiger partial charge in [-0.2, -0.15) is 0 Å². The van der Waals surface area contributed by atoms with E-state index < -0.39 is 11.0 Å². The highest BCUT2D eigenvalue weighted by atomic mass is 35.5. The molecule has 3 nitrogen and oxygen atoms in total. The van der Waals surface area contributed by atoms with Gasteiger partial charge in [0.15, 0.2) is 0 Å². The van der Waals surface area contributed by atoms with Gasteiger partial charge in [0.05, 0.1) is 0 Å². The smallest absolute Gasteiger partial charge is 0.120 e. The molecule has 1 rings (SSSR count). The lowest BCUT2D eigenvalue weighted by atomic mass is 10.1. The van der Waals surface area contributed by atoms with E-state index in [0.29, 0.717) is 5.88 Å². The summed E-state index contributed by atoms with van der Waals surface area (Å²) in [4.78, 5) is 0. The molecule has 0 amide bonds. The fraction of sp³-hybridized carbons (Fsp3) is 0.500. The van der Waals surface area contributed by atoms with Crippen molar-refractivity contribution < 1.29 is 8.95 Å². The van der Waals surface area contributed by atoms with Crippen LogP contribution in [-0.4, -0.2) is 21.9 Å². The van der Waals surface area contributed by atoms with E-state index >= 15 is 0 Å². The number of halogens is 1. The highest BCUT2D eigenvalue weighted by molar-refractivity contribution is 7.85. The van der Waals surface area contributed by atoms with Gasteiger partial charge >= 0.3 is 0 Å². The van der Waals surface area contributed by atoms with Gasteiger partial charge in [-0.3, -0.25) is 0 Å². The van der Waals surface area contributed by atoms with Gasteiger partial charge in [-0.05, 0) is 38.1 Å². The third-order valence-electron chi connectivity index (χ3n) is 2.21. The Kier molecular flexibility index (Phi) is 5.28. The average molecular weight is 276 g/mol. The van der Waals surface area contributed by atoms with Crippen LogP contribution in [0, 0.1) is 0 Å². The third kappa shape index (κ3) is 5.41. The van der Waals surface area contributed by atoms with E-state index in [-0.39, 0.29) is 5.60 Å². The van der Waals surface area contributed by atoms with Crippen molar-refractivity contribution in [2.75, 3.05) is 16.9 Å². The van der Waals surface area contributed by atoms with E-state index in [1.165, 1.54) is 0 Å². The molecule has 0 fully saturated rings. The zero-order valence-electron chi connectivity index (χ0n) is 10.3. The molecule has 0 aliphatic heterocycles. The molecule has 1 aromatic carbocycles. The molecule has 0 spiro atoms. The molecule has 0 bridgehead atoms. The first-order chi connectivity index (χ1) is 7.93. The Bertz CT molecular complexity index is 379. The Morgan fingerprint density at radius 2 is 1.94 bits per heavy atom. The van der Waals surface area contributed by atoms with Gasteiger partial charge in [0.25, 0.3) is 0 Å². The summed E-state index contributed by atoms with van der Waals surface area (Å²) in [6.07, 6.45) is 2.38. The van der Waals surface area contributed by atoms with Crippen molar-refractivity contribution >= 4 is 28.3 Å². The molecular formula is C12H18ClNO2S. The van der Waals surface area contributed by atoms with Crippen molar-refractivity contribution in [3.05, 3.63) is 24.3 Å². The lowest BCUT2D eigenvalue weighted by Gasteiger charge is -2.25. The van der Waals surface area contributed by atoms with Gasteiger partial charge in [-0.1, -0.05) is 0 Å². The molecule has 1 atom stereocenters. The Labute approximate surface area is 110 Å². The van der Waals surface area contributed by atoms with E-state index in [1.807, 2.05) is 38.1 Å². The van der Waals surface area contributed by atoms with Crippen molar-refractivity contribution in [3.8, 4) is 5.75 Å². The summed E-state index contributed by atoms with van der Waals surface area (Å²) < 4.78 is 19.6. The topological polar surface area (TPSA) is 38.3 Å². The summed E-state index contributed by atoms with van der Waals surface area (Å²) in [7, 11) is -1.05. The molecule has 1 unspecified atom stereocenters. The first-order valence-corrected chi connectivity index (χ1v) is 7.47. The molecule has 0 heterocycles. The minimum Gasteiger partial charge on any atom is -0.488 e. The first-order valence-electron chi connectivity index (χ1n) is 5.38. The van der Waals surface area contributed by atoms with E-state index in [2.05, 4.69) is 4.72 Å². The minimum absolute atomic E-state index is 0.274. The lowest BCUT2D eigenvalue weighted by molar-refractivity contribution is 0.106. The molecule has 0 aliphatic carbocycles. The zero-order valence-corrected chi connectivity index (χ0v) is 11.9. The highest BCUT2D eigenvalue weighted by Crippen LogP contribution is 2.23. The number of alkyl halides is 1. The summed E-state index contributed by atoms with van der Waals surface area (Å²) in [6.45, 7) is 4.01. The second kappa shape index (κ2) is 6.26. The highest BCUT2D eigenvalue weighted by Gasteiger charge is 2.18. The number of ether oxygens (including phenoxy) is 1.